The monoisotopic (exact) mass is 339 g/mol. The number of aromatic nitrogens is 1. The molecular formula is C17H23Cl2N3. The van der Waals surface area contributed by atoms with E-state index < -0.39 is 0 Å². The molecule has 2 heterocycles. The van der Waals surface area contributed by atoms with E-state index in [1.54, 1.807) is 0 Å². The highest BCUT2D eigenvalue weighted by atomic mass is 35.5. The van der Waals surface area contributed by atoms with Crippen LogP contribution in [0.1, 0.15) is 24.6 Å². The zero-order valence-electron chi connectivity index (χ0n) is 12.6. The van der Waals surface area contributed by atoms with Gasteiger partial charge in [-0.2, -0.15) is 0 Å². The number of hydrogen-bond acceptors (Lipinski definition) is 3. The van der Waals surface area contributed by atoms with Gasteiger partial charge in [0.05, 0.1) is 17.3 Å². The summed E-state index contributed by atoms with van der Waals surface area (Å²) in [5.74, 6) is 0.821. The molecule has 1 aliphatic heterocycles. The lowest BCUT2D eigenvalue weighted by atomic mass is 10.0. The van der Waals surface area contributed by atoms with Gasteiger partial charge in [0.15, 0.2) is 0 Å². The fraction of sp³-hybridized carbons (Fsp3) is 0.471. The summed E-state index contributed by atoms with van der Waals surface area (Å²) in [6.07, 6.45) is 2.73. The van der Waals surface area contributed by atoms with Crippen LogP contribution in [0.4, 0.5) is 0 Å². The number of fused-ring (bicyclic) bond motifs is 1. The Morgan fingerprint density at radius 1 is 1.00 bits per heavy atom. The van der Waals surface area contributed by atoms with Crippen molar-refractivity contribution in [3.8, 4) is 0 Å². The van der Waals surface area contributed by atoms with Crippen molar-refractivity contribution in [1.82, 2.24) is 15.2 Å². The molecule has 1 saturated carbocycles. The first-order valence-corrected chi connectivity index (χ1v) is 7.72. The molecule has 4 rings (SSSR count). The van der Waals surface area contributed by atoms with E-state index in [4.69, 9.17) is 4.98 Å². The highest BCUT2D eigenvalue weighted by Crippen LogP contribution is 2.44. The van der Waals surface area contributed by atoms with Crippen molar-refractivity contribution in [2.45, 2.75) is 18.9 Å². The molecule has 1 aromatic carbocycles. The van der Waals surface area contributed by atoms with E-state index >= 15 is 0 Å². The minimum absolute atomic E-state index is 0. The number of pyridine rings is 1. The highest BCUT2D eigenvalue weighted by Gasteiger charge is 2.37. The first kappa shape index (κ1) is 17.5. The Hall–Kier alpha value is -0.870. The second kappa shape index (κ2) is 7.60. The maximum absolute atomic E-state index is 4.95. The number of rotatable bonds is 3. The maximum atomic E-state index is 4.95. The summed E-state index contributed by atoms with van der Waals surface area (Å²) in [5.41, 5.74) is 2.40. The van der Waals surface area contributed by atoms with E-state index in [-0.39, 0.29) is 24.8 Å². The van der Waals surface area contributed by atoms with Gasteiger partial charge in [-0.15, -0.1) is 24.8 Å². The topological polar surface area (TPSA) is 28.2 Å². The van der Waals surface area contributed by atoms with Crippen LogP contribution in [0.5, 0.6) is 0 Å². The first-order chi connectivity index (χ1) is 9.92. The minimum Gasteiger partial charge on any atom is -0.314 e. The van der Waals surface area contributed by atoms with Crippen molar-refractivity contribution in [3.05, 3.63) is 42.1 Å². The number of nitrogens with one attached hydrogen (secondary N) is 1. The van der Waals surface area contributed by atoms with Gasteiger partial charge in [0, 0.05) is 31.6 Å². The molecular weight excluding hydrogens is 317 g/mol. The number of nitrogens with zero attached hydrogens (tertiary/aromatic N) is 2. The summed E-state index contributed by atoms with van der Waals surface area (Å²) in [7, 11) is 0. The van der Waals surface area contributed by atoms with Crippen molar-refractivity contribution < 1.29 is 0 Å². The predicted octanol–water partition coefficient (Wildman–Crippen LogP) is 3.43. The van der Waals surface area contributed by atoms with Crippen LogP contribution in [0, 0.1) is 5.92 Å². The molecule has 1 saturated heterocycles. The Balaban J connectivity index is 0.000000882. The average molecular weight is 340 g/mol. The Bertz CT molecular complexity index is 610. The lowest BCUT2D eigenvalue weighted by molar-refractivity contribution is 0.153. The van der Waals surface area contributed by atoms with Crippen LogP contribution < -0.4 is 5.32 Å². The Kier molecular flexibility index (Phi) is 6.04. The minimum atomic E-state index is 0. The van der Waals surface area contributed by atoms with Gasteiger partial charge in [-0.3, -0.25) is 9.88 Å². The van der Waals surface area contributed by atoms with E-state index in [2.05, 4.69) is 46.6 Å². The number of benzene rings is 1. The largest absolute Gasteiger partial charge is 0.314 e. The number of hydrogen-bond donors (Lipinski definition) is 1. The molecule has 22 heavy (non-hydrogen) atoms. The van der Waals surface area contributed by atoms with Crippen molar-refractivity contribution in [2.24, 2.45) is 5.92 Å². The molecule has 2 fully saturated rings. The lowest BCUT2D eigenvalue weighted by Gasteiger charge is -2.35. The molecule has 1 aromatic heterocycles. The third-order valence-corrected chi connectivity index (χ3v) is 4.54. The molecule has 0 bridgehead atoms. The standard InChI is InChI=1S/C17H21N3.2ClH/c1-2-4-15-13(3-1)7-8-16(19-15)17(14-5-6-14)20-11-9-18-10-12-20;;/h1-4,7-8,14,17-18H,5-6,9-12H2;2*1H/t17-;;/m0../s1. The summed E-state index contributed by atoms with van der Waals surface area (Å²) < 4.78 is 0. The van der Waals surface area contributed by atoms with E-state index in [1.807, 2.05) is 0 Å². The summed E-state index contributed by atoms with van der Waals surface area (Å²) in [4.78, 5) is 7.58. The van der Waals surface area contributed by atoms with Crippen LogP contribution in [0.25, 0.3) is 10.9 Å². The zero-order valence-corrected chi connectivity index (χ0v) is 14.2. The number of piperazine rings is 1. The van der Waals surface area contributed by atoms with Crippen molar-refractivity contribution in [3.63, 3.8) is 0 Å². The summed E-state index contributed by atoms with van der Waals surface area (Å²) in [6, 6.07) is 13.4. The molecule has 0 radical (unpaired) electrons. The van der Waals surface area contributed by atoms with E-state index in [1.165, 1.54) is 23.9 Å². The van der Waals surface area contributed by atoms with Crippen LogP contribution in [0.2, 0.25) is 0 Å². The fourth-order valence-electron chi connectivity index (χ4n) is 3.35. The Labute approximate surface area is 144 Å². The Morgan fingerprint density at radius 2 is 1.73 bits per heavy atom. The smallest absolute Gasteiger partial charge is 0.0706 e. The van der Waals surface area contributed by atoms with Gasteiger partial charge in [0.2, 0.25) is 0 Å². The second-order valence-electron chi connectivity index (χ2n) is 6.00. The molecule has 0 unspecified atom stereocenters. The van der Waals surface area contributed by atoms with E-state index in [9.17, 15) is 0 Å². The molecule has 3 nitrogen and oxygen atoms in total. The van der Waals surface area contributed by atoms with Gasteiger partial charge in [-0.05, 0) is 30.9 Å². The van der Waals surface area contributed by atoms with Crippen LogP contribution in [-0.2, 0) is 0 Å². The van der Waals surface area contributed by atoms with Gasteiger partial charge < -0.3 is 5.32 Å². The van der Waals surface area contributed by atoms with Crippen LogP contribution >= 0.6 is 24.8 Å². The SMILES string of the molecule is Cl.Cl.c1ccc2nc([C@H](C3CC3)N3CCNCC3)ccc2c1. The van der Waals surface area contributed by atoms with Crippen molar-refractivity contribution >= 4 is 35.7 Å². The van der Waals surface area contributed by atoms with Crippen LogP contribution in [0.15, 0.2) is 36.4 Å². The molecule has 0 spiro atoms. The Morgan fingerprint density at radius 3 is 2.45 bits per heavy atom. The first-order valence-electron chi connectivity index (χ1n) is 7.72. The normalized spacial score (nSPS) is 20.0. The van der Waals surface area contributed by atoms with Crippen LogP contribution in [-0.4, -0.2) is 36.1 Å². The molecule has 1 aliphatic carbocycles. The van der Waals surface area contributed by atoms with Gasteiger partial charge in [-0.1, -0.05) is 24.3 Å². The fourth-order valence-corrected chi connectivity index (χ4v) is 3.35. The average Bonchev–Trinajstić information content (AvgIpc) is 3.33. The maximum Gasteiger partial charge on any atom is 0.0706 e. The lowest BCUT2D eigenvalue weighted by Crippen LogP contribution is -2.45. The van der Waals surface area contributed by atoms with Gasteiger partial charge in [0.25, 0.3) is 0 Å². The van der Waals surface area contributed by atoms with Crippen LogP contribution in [0.3, 0.4) is 0 Å². The molecule has 1 N–H and O–H groups in total. The molecule has 2 aromatic rings. The molecule has 2 aliphatic rings. The van der Waals surface area contributed by atoms with Gasteiger partial charge in [0.1, 0.15) is 0 Å². The molecule has 5 heteroatoms. The van der Waals surface area contributed by atoms with Gasteiger partial charge in [-0.25, -0.2) is 0 Å². The summed E-state index contributed by atoms with van der Waals surface area (Å²) >= 11 is 0. The van der Waals surface area contributed by atoms with E-state index in [0.717, 1.165) is 37.6 Å². The number of halogens is 2. The summed E-state index contributed by atoms with van der Waals surface area (Å²) in [6.45, 7) is 4.51. The predicted molar refractivity (Wildman–Crippen MR) is 96.1 cm³/mol. The highest BCUT2D eigenvalue weighted by molar-refractivity contribution is 5.85. The molecule has 1 atom stereocenters. The van der Waals surface area contributed by atoms with Gasteiger partial charge >= 0.3 is 0 Å². The third kappa shape index (κ3) is 3.54. The van der Waals surface area contributed by atoms with Crippen molar-refractivity contribution in [1.29, 1.82) is 0 Å². The van der Waals surface area contributed by atoms with Crippen molar-refractivity contribution in [2.75, 3.05) is 26.2 Å². The second-order valence-corrected chi connectivity index (χ2v) is 6.00. The molecule has 0 amide bonds. The third-order valence-electron chi connectivity index (χ3n) is 4.54. The quantitative estimate of drug-likeness (QED) is 0.928. The zero-order chi connectivity index (χ0) is 13.4. The molecule has 120 valence electrons. The number of para-hydroxylation sites is 1. The van der Waals surface area contributed by atoms with E-state index in [0.29, 0.717) is 6.04 Å². The summed E-state index contributed by atoms with van der Waals surface area (Å²) in [5, 5.41) is 4.69.